The van der Waals surface area contributed by atoms with Gasteiger partial charge in [0.05, 0.1) is 11.8 Å². The molecule has 1 aromatic carbocycles. The number of carbonyl (C=O) groups is 1. The van der Waals surface area contributed by atoms with Crippen molar-refractivity contribution in [2.45, 2.75) is 25.3 Å². The standard InChI is InChI=1S/C26H20N4O2/c31-24(29-21-10-11-21)15-20-17-30(26-23(25(20)32)7-3-13-28-26)22-6-1-4-18(14-22)8-9-19-5-2-12-27-16-19/h1-7,12-14,16-17,21H,10-11,15H2,(H,29,31). The summed E-state index contributed by atoms with van der Waals surface area (Å²) < 4.78 is 1.85. The van der Waals surface area contributed by atoms with E-state index in [0.717, 1.165) is 29.7 Å². The van der Waals surface area contributed by atoms with Crippen molar-refractivity contribution in [3.63, 3.8) is 0 Å². The van der Waals surface area contributed by atoms with Crippen LogP contribution in [0.3, 0.4) is 0 Å². The first-order valence-electron chi connectivity index (χ1n) is 10.5. The predicted octanol–water partition coefficient (Wildman–Crippen LogP) is 3.00. The quantitative estimate of drug-likeness (QED) is 0.515. The van der Waals surface area contributed by atoms with E-state index in [0.29, 0.717) is 16.6 Å². The van der Waals surface area contributed by atoms with Gasteiger partial charge in [0.1, 0.15) is 5.65 Å². The van der Waals surface area contributed by atoms with Crippen LogP contribution in [-0.4, -0.2) is 26.5 Å². The van der Waals surface area contributed by atoms with E-state index in [1.807, 2.05) is 41.0 Å². The summed E-state index contributed by atoms with van der Waals surface area (Å²) in [4.78, 5) is 33.9. The summed E-state index contributed by atoms with van der Waals surface area (Å²) in [7, 11) is 0. The maximum absolute atomic E-state index is 13.0. The molecule has 1 saturated carbocycles. The highest BCUT2D eigenvalue weighted by Crippen LogP contribution is 2.20. The number of carbonyl (C=O) groups excluding carboxylic acids is 1. The highest BCUT2D eigenvalue weighted by molar-refractivity contribution is 5.82. The molecule has 1 N–H and O–H groups in total. The van der Waals surface area contributed by atoms with Crippen LogP contribution < -0.4 is 10.7 Å². The molecule has 0 radical (unpaired) electrons. The van der Waals surface area contributed by atoms with Gasteiger partial charge in [0.2, 0.25) is 5.91 Å². The molecule has 3 aromatic heterocycles. The number of hydrogen-bond acceptors (Lipinski definition) is 4. The number of benzene rings is 1. The van der Waals surface area contributed by atoms with Crippen LogP contribution in [-0.2, 0) is 11.2 Å². The van der Waals surface area contributed by atoms with E-state index in [2.05, 4.69) is 27.1 Å². The lowest BCUT2D eigenvalue weighted by Crippen LogP contribution is -2.29. The predicted molar refractivity (Wildman–Crippen MR) is 122 cm³/mol. The molecule has 5 rings (SSSR count). The van der Waals surface area contributed by atoms with E-state index in [1.54, 1.807) is 36.9 Å². The molecular weight excluding hydrogens is 400 g/mol. The molecule has 3 heterocycles. The van der Waals surface area contributed by atoms with Gasteiger partial charge >= 0.3 is 0 Å². The van der Waals surface area contributed by atoms with E-state index in [4.69, 9.17) is 0 Å². The maximum Gasteiger partial charge on any atom is 0.224 e. The topological polar surface area (TPSA) is 76.9 Å². The van der Waals surface area contributed by atoms with Gasteiger partial charge in [-0.2, -0.15) is 0 Å². The van der Waals surface area contributed by atoms with Crippen LogP contribution in [0.1, 0.15) is 29.5 Å². The largest absolute Gasteiger partial charge is 0.353 e. The summed E-state index contributed by atoms with van der Waals surface area (Å²) in [6.45, 7) is 0. The van der Waals surface area contributed by atoms with Crippen molar-refractivity contribution in [1.82, 2.24) is 19.9 Å². The fraction of sp³-hybridized carbons (Fsp3) is 0.154. The Labute approximate surface area is 185 Å². The van der Waals surface area contributed by atoms with E-state index in [9.17, 15) is 9.59 Å². The number of pyridine rings is 3. The molecule has 0 atom stereocenters. The Kier molecular flexibility index (Phi) is 5.22. The van der Waals surface area contributed by atoms with Gasteiger partial charge in [-0.15, -0.1) is 0 Å². The second-order valence-corrected chi connectivity index (χ2v) is 7.79. The molecule has 6 heteroatoms. The highest BCUT2D eigenvalue weighted by Gasteiger charge is 2.24. The molecule has 156 valence electrons. The number of nitrogens with zero attached hydrogens (tertiary/aromatic N) is 3. The molecule has 0 unspecified atom stereocenters. The zero-order valence-electron chi connectivity index (χ0n) is 17.3. The molecule has 1 aliphatic rings. The number of aromatic nitrogens is 3. The van der Waals surface area contributed by atoms with Crippen LogP contribution in [0.2, 0.25) is 0 Å². The Hall–Kier alpha value is -4.24. The summed E-state index contributed by atoms with van der Waals surface area (Å²) in [5.74, 6) is 6.13. The summed E-state index contributed by atoms with van der Waals surface area (Å²) in [6, 6.07) is 15.2. The van der Waals surface area contributed by atoms with Gasteiger partial charge in [-0.05, 0) is 55.3 Å². The summed E-state index contributed by atoms with van der Waals surface area (Å²) in [5.41, 5.74) is 3.29. The molecule has 0 saturated heterocycles. The summed E-state index contributed by atoms with van der Waals surface area (Å²) >= 11 is 0. The minimum Gasteiger partial charge on any atom is -0.353 e. The molecule has 1 fully saturated rings. The van der Waals surface area contributed by atoms with Crippen molar-refractivity contribution >= 4 is 16.9 Å². The summed E-state index contributed by atoms with van der Waals surface area (Å²) in [5, 5.41) is 3.43. The number of hydrogen-bond donors (Lipinski definition) is 1. The zero-order valence-corrected chi connectivity index (χ0v) is 17.3. The van der Waals surface area contributed by atoms with E-state index < -0.39 is 0 Å². The lowest BCUT2D eigenvalue weighted by atomic mass is 10.1. The molecule has 0 aliphatic heterocycles. The van der Waals surface area contributed by atoms with Crippen molar-refractivity contribution in [2.75, 3.05) is 0 Å². The van der Waals surface area contributed by atoms with Gasteiger partial charge in [0.15, 0.2) is 5.43 Å². The highest BCUT2D eigenvalue weighted by atomic mass is 16.2. The Balaban J connectivity index is 1.56. The Morgan fingerprint density at radius 3 is 2.69 bits per heavy atom. The Morgan fingerprint density at radius 2 is 1.88 bits per heavy atom. The van der Waals surface area contributed by atoms with Gasteiger partial charge in [-0.25, -0.2) is 4.98 Å². The van der Waals surface area contributed by atoms with Crippen LogP contribution in [0.25, 0.3) is 16.7 Å². The zero-order chi connectivity index (χ0) is 21.9. The van der Waals surface area contributed by atoms with Crippen LogP contribution >= 0.6 is 0 Å². The number of nitrogens with one attached hydrogen (secondary N) is 1. The first-order valence-corrected chi connectivity index (χ1v) is 10.5. The van der Waals surface area contributed by atoms with Crippen molar-refractivity contribution in [2.24, 2.45) is 0 Å². The van der Waals surface area contributed by atoms with Gasteiger partial charge in [-0.3, -0.25) is 14.6 Å². The minimum absolute atomic E-state index is 0.0423. The van der Waals surface area contributed by atoms with Crippen LogP contribution in [0.15, 0.2) is 78.1 Å². The molecule has 0 spiro atoms. The third-order valence-electron chi connectivity index (χ3n) is 5.27. The Bertz CT molecular complexity index is 1430. The van der Waals surface area contributed by atoms with Gasteiger partial charge in [0.25, 0.3) is 0 Å². The second kappa shape index (κ2) is 8.48. The van der Waals surface area contributed by atoms with Crippen molar-refractivity contribution < 1.29 is 4.79 Å². The molecule has 0 bridgehead atoms. The molecule has 1 aliphatic carbocycles. The molecule has 6 nitrogen and oxygen atoms in total. The normalized spacial score (nSPS) is 12.8. The maximum atomic E-state index is 13.0. The lowest BCUT2D eigenvalue weighted by molar-refractivity contribution is -0.120. The van der Waals surface area contributed by atoms with Gasteiger partial charge < -0.3 is 9.88 Å². The van der Waals surface area contributed by atoms with Crippen LogP contribution in [0, 0.1) is 11.8 Å². The molecular formula is C26H20N4O2. The van der Waals surface area contributed by atoms with Crippen molar-refractivity contribution in [1.29, 1.82) is 0 Å². The first-order chi connectivity index (χ1) is 15.7. The fourth-order valence-electron chi connectivity index (χ4n) is 3.53. The third-order valence-corrected chi connectivity index (χ3v) is 5.27. The van der Waals surface area contributed by atoms with E-state index in [-0.39, 0.29) is 23.8 Å². The molecule has 4 aromatic rings. The van der Waals surface area contributed by atoms with E-state index in [1.165, 1.54) is 0 Å². The second-order valence-electron chi connectivity index (χ2n) is 7.79. The van der Waals surface area contributed by atoms with Crippen molar-refractivity contribution in [3.8, 4) is 17.5 Å². The van der Waals surface area contributed by atoms with Crippen molar-refractivity contribution in [3.05, 3.63) is 100 Å². The Morgan fingerprint density at radius 1 is 1.06 bits per heavy atom. The number of amides is 1. The van der Waals surface area contributed by atoms with Gasteiger partial charge in [0, 0.05) is 53.2 Å². The average molecular weight is 420 g/mol. The first kappa shape index (κ1) is 19.7. The minimum atomic E-state index is -0.164. The average Bonchev–Trinajstić information content (AvgIpc) is 3.64. The van der Waals surface area contributed by atoms with Gasteiger partial charge in [-0.1, -0.05) is 17.9 Å². The summed E-state index contributed by atoms with van der Waals surface area (Å²) in [6.07, 6.45) is 8.86. The van der Waals surface area contributed by atoms with Crippen LogP contribution in [0.5, 0.6) is 0 Å². The SMILES string of the molecule is O=C(Cc1cn(-c2cccc(C#Cc3cccnc3)c2)c2ncccc2c1=O)NC1CC1. The lowest BCUT2D eigenvalue weighted by Gasteiger charge is -2.13. The molecule has 1 amide bonds. The fourth-order valence-corrected chi connectivity index (χ4v) is 3.53. The number of rotatable bonds is 4. The number of fused-ring (bicyclic) bond motifs is 1. The molecule has 32 heavy (non-hydrogen) atoms. The van der Waals surface area contributed by atoms with Crippen LogP contribution in [0.4, 0.5) is 0 Å². The third kappa shape index (κ3) is 4.28. The monoisotopic (exact) mass is 420 g/mol. The smallest absolute Gasteiger partial charge is 0.224 e. The van der Waals surface area contributed by atoms with E-state index >= 15 is 0 Å².